The van der Waals surface area contributed by atoms with E-state index in [-0.39, 0.29) is 18.0 Å². The minimum Gasteiger partial charge on any atom is -0.482 e. The van der Waals surface area contributed by atoms with Gasteiger partial charge in [-0.05, 0) is 35.0 Å². The van der Waals surface area contributed by atoms with Gasteiger partial charge in [-0.15, -0.1) is 0 Å². The van der Waals surface area contributed by atoms with Gasteiger partial charge >= 0.3 is 11.7 Å². The minimum absolute atomic E-state index is 0.0321. The molecule has 0 aliphatic heterocycles. The number of nitro groups is 1. The number of nitrogens with zero attached hydrogens (tertiary/aromatic N) is 1. The lowest BCUT2D eigenvalue weighted by atomic mass is 10.3. The standard InChI is InChI=1S/C12H12BrNO5/c1-8(12(15)18-2)6-7-19-11-9(13)4-3-5-10(11)14(16)17/h3-6H,7H2,1-2H3/b8-6+. The summed E-state index contributed by atoms with van der Waals surface area (Å²) >= 11 is 3.18. The molecule has 1 rings (SSSR count). The largest absolute Gasteiger partial charge is 0.482 e. The Labute approximate surface area is 118 Å². The molecule has 0 bridgehead atoms. The fourth-order valence-electron chi connectivity index (χ4n) is 1.28. The summed E-state index contributed by atoms with van der Waals surface area (Å²) in [5.74, 6) is -0.341. The molecular formula is C12H12BrNO5. The van der Waals surface area contributed by atoms with Gasteiger partial charge in [0.05, 0.1) is 16.5 Å². The number of para-hydroxylation sites is 1. The summed E-state index contributed by atoms with van der Waals surface area (Å²) in [6.45, 7) is 1.61. The van der Waals surface area contributed by atoms with Crippen LogP contribution in [0.15, 0.2) is 34.3 Å². The van der Waals surface area contributed by atoms with Crippen LogP contribution in [0.1, 0.15) is 6.92 Å². The Bertz CT molecular complexity index is 527. The zero-order chi connectivity index (χ0) is 14.4. The lowest BCUT2D eigenvalue weighted by Gasteiger charge is -2.06. The van der Waals surface area contributed by atoms with Gasteiger partial charge < -0.3 is 9.47 Å². The SMILES string of the molecule is COC(=O)/C(C)=C/COc1c(Br)cccc1[N+](=O)[O-]. The monoisotopic (exact) mass is 329 g/mol. The molecule has 0 unspecified atom stereocenters. The third-order valence-corrected chi connectivity index (χ3v) is 2.89. The highest BCUT2D eigenvalue weighted by atomic mass is 79.9. The van der Waals surface area contributed by atoms with E-state index in [1.54, 1.807) is 19.1 Å². The molecule has 0 amide bonds. The van der Waals surface area contributed by atoms with Crippen molar-refractivity contribution in [1.82, 2.24) is 0 Å². The molecule has 0 N–H and O–H groups in total. The minimum atomic E-state index is -0.531. The highest BCUT2D eigenvalue weighted by Crippen LogP contribution is 2.34. The van der Waals surface area contributed by atoms with Gasteiger partial charge in [-0.3, -0.25) is 10.1 Å². The van der Waals surface area contributed by atoms with Crippen LogP contribution in [-0.4, -0.2) is 24.6 Å². The van der Waals surface area contributed by atoms with E-state index < -0.39 is 10.9 Å². The van der Waals surface area contributed by atoms with E-state index in [1.165, 1.54) is 19.3 Å². The van der Waals surface area contributed by atoms with Crippen LogP contribution in [0.4, 0.5) is 5.69 Å². The highest BCUT2D eigenvalue weighted by Gasteiger charge is 2.17. The van der Waals surface area contributed by atoms with E-state index in [0.29, 0.717) is 10.0 Å². The number of esters is 1. The second-order valence-corrected chi connectivity index (χ2v) is 4.39. The zero-order valence-corrected chi connectivity index (χ0v) is 12.0. The van der Waals surface area contributed by atoms with Crippen LogP contribution in [-0.2, 0) is 9.53 Å². The number of benzene rings is 1. The number of methoxy groups -OCH3 is 1. The maximum absolute atomic E-state index is 11.1. The molecule has 6 nitrogen and oxygen atoms in total. The van der Waals surface area contributed by atoms with E-state index in [9.17, 15) is 14.9 Å². The number of nitro benzene ring substituents is 1. The van der Waals surface area contributed by atoms with Crippen molar-refractivity contribution < 1.29 is 19.2 Å². The predicted octanol–water partition coefficient (Wildman–Crippen LogP) is 2.86. The second-order valence-electron chi connectivity index (χ2n) is 3.53. The molecule has 0 aromatic heterocycles. The number of hydrogen-bond donors (Lipinski definition) is 0. The van der Waals surface area contributed by atoms with E-state index in [1.807, 2.05) is 0 Å². The normalized spacial score (nSPS) is 11.0. The van der Waals surface area contributed by atoms with Gasteiger partial charge in [0.25, 0.3) is 0 Å². The summed E-state index contributed by atoms with van der Waals surface area (Å²) < 4.78 is 10.3. The number of carbonyl (C=O) groups excluding carboxylic acids is 1. The van der Waals surface area contributed by atoms with Crippen molar-refractivity contribution in [3.8, 4) is 5.75 Å². The first-order valence-electron chi connectivity index (χ1n) is 5.28. The first kappa shape index (κ1) is 15.2. The molecule has 19 heavy (non-hydrogen) atoms. The van der Waals surface area contributed by atoms with Crippen molar-refractivity contribution in [2.75, 3.05) is 13.7 Å². The fraction of sp³-hybridized carbons (Fsp3) is 0.250. The van der Waals surface area contributed by atoms with Gasteiger partial charge in [0.2, 0.25) is 5.75 Å². The van der Waals surface area contributed by atoms with Crippen molar-refractivity contribution >= 4 is 27.6 Å². The Morgan fingerprint density at radius 3 is 2.79 bits per heavy atom. The third-order valence-electron chi connectivity index (χ3n) is 2.27. The van der Waals surface area contributed by atoms with Crippen LogP contribution in [0.25, 0.3) is 0 Å². The van der Waals surface area contributed by atoms with Gasteiger partial charge in [-0.25, -0.2) is 4.79 Å². The lowest BCUT2D eigenvalue weighted by Crippen LogP contribution is -2.05. The van der Waals surface area contributed by atoms with Crippen LogP contribution in [0.2, 0.25) is 0 Å². The zero-order valence-electron chi connectivity index (χ0n) is 10.4. The molecule has 7 heteroatoms. The van der Waals surface area contributed by atoms with Crippen LogP contribution in [0.5, 0.6) is 5.75 Å². The number of rotatable bonds is 5. The maximum atomic E-state index is 11.1. The molecule has 1 aromatic rings. The third kappa shape index (κ3) is 4.06. The molecule has 102 valence electrons. The van der Waals surface area contributed by atoms with E-state index >= 15 is 0 Å². The molecule has 1 aromatic carbocycles. The summed E-state index contributed by atoms with van der Waals surface area (Å²) in [6, 6.07) is 4.53. The summed E-state index contributed by atoms with van der Waals surface area (Å²) in [6.07, 6.45) is 1.50. The molecule has 0 atom stereocenters. The molecule has 0 saturated heterocycles. The van der Waals surface area contributed by atoms with Crippen molar-refractivity contribution in [3.05, 3.63) is 44.4 Å². The highest BCUT2D eigenvalue weighted by molar-refractivity contribution is 9.10. The number of hydrogen-bond acceptors (Lipinski definition) is 5. The Morgan fingerprint density at radius 2 is 2.21 bits per heavy atom. The van der Waals surface area contributed by atoms with Gasteiger partial charge in [-0.1, -0.05) is 6.07 Å². The first-order valence-corrected chi connectivity index (χ1v) is 6.07. The second kappa shape index (κ2) is 6.89. The van der Waals surface area contributed by atoms with E-state index in [0.717, 1.165) is 0 Å². The number of carbonyl (C=O) groups is 1. The summed E-state index contributed by atoms with van der Waals surface area (Å²) in [4.78, 5) is 21.4. The first-order chi connectivity index (χ1) is 8.97. The number of halogens is 1. The quantitative estimate of drug-likeness (QED) is 0.359. The van der Waals surface area contributed by atoms with Crippen LogP contribution >= 0.6 is 15.9 Å². The Morgan fingerprint density at radius 1 is 1.53 bits per heavy atom. The van der Waals surface area contributed by atoms with Gasteiger partial charge in [-0.2, -0.15) is 0 Å². The predicted molar refractivity (Wildman–Crippen MR) is 72.1 cm³/mol. The molecule has 0 saturated carbocycles. The van der Waals surface area contributed by atoms with Gasteiger partial charge in [0.1, 0.15) is 6.61 Å². The average molecular weight is 330 g/mol. The summed E-state index contributed by atoms with van der Waals surface area (Å²) in [5, 5.41) is 10.8. The molecule has 0 spiro atoms. The molecule has 0 heterocycles. The van der Waals surface area contributed by atoms with Crippen molar-refractivity contribution in [2.45, 2.75) is 6.92 Å². The molecule has 0 fully saturated rings. The molecule has 0 radical (unpaired) electrons. The Kier molecular flexibility index (Phi) is 5.50. The Balaban J connectivity index is 2.84. The van der Waals surface area contributed by atoms with E-state index in [2.05, 4.69) is 20.7 Å². The molecular weight excluding hydrogens is 318 g/mol. The number of ether oxygens (including phenoxy) is 2. The summed E-state index contributed by atoms with van der Waals surface area (Å²) in [5.41, 5.74) is 0.232. The van der Waals surface area contributed by atoms with Crippen molar-refractivity contribution in [2.24, 2.45) is 0 Å². The van der Waals surface area contributed by atoms with Gasteiger partial charge in [0, 0.05) is 11.6 Å². The van der Waals surface area contributed by atoms with Crippen LogP contribution in [0, 0.1) is 10.1 Å². The molecule has 0 aliphatic carbocycles. The van der Waals surface area contributed by atoms with Gasteiger partial charge in [0.15, 0.2) is 0 Å². The molecule has 0 aliphatic rings. The maximum Gasteiger partial charge on any atom is 0.333 e. The van der Waals surface area contributed by atoms with Crippen LogP contribution < -0.4 is 4.74 Å². The fourth-order valence-corrected chi connectivity index (χ4v) is 1.75. The Hall–Kier alpha value is -1.89. The van der Waals surface area contributed by atoms with Crippen molar-refractivity contribution in [1.29, 1.82) is 0 Å². The smallest absolute Gasteiger partial charge is 0.333 e. The van der Waals surface area contributed by atoms with E-state index in [4.69, 9.17) is 4.74 Å². The summed E-state index contributed by atoms with van der Waals surface area (Å²) in [7, 11) is 1.28. The topological polar surface area (TPSA) is 78.7 Å². The lowest BCUT2D eigenvalue weighted by molar-refractivity contribution is -0.385. The van der Waals surface area contributed by atoms with Crippen LogP contribution in [0.3, 0.4) is 0 Å². The van der Waals surface area contributed by atoms with Crippen molar-refractivity contribution in [3.63, 3.8) is 0 Å². The average Bonchev–Trinajstić information content (AvgIpc) is 2.39.